The number of amides is 1. The molecule has 2 rings (SSSR count). The molecule has 0 radical (unpaired) electrons. The normalized spacial score (nSPS) is 14.8. The molecule has 1 aliphatic heterocycles. The highest BCUT2D eigenvalue weighted by Gasteiger charge is 2.25. The average molecular weight is 257 g/mol. The van der Waals surface area contributed by atoms with Crippen molar-refractivity contribution in [1.82, 2.24) is 0 Å². The van der Waals surface area contributed by atoms with Crippen molar-refractivity contribution in [3.05, 3.63) is 10.9 Å². The van der Waals surface area contributed by atoms with Crippen LogP contribution in [-0.4, -0.2) is 25.0 Å². The van der Waals surface area contributed by atoms with E-state index in [1.807, 2.05) is 18.7 Å². The molecule has 16 heavy (non-hydrogen) atoms. The van der Waals surface area contributed by atoms with Crippen LogP contribution in [0.15, 0.2) is 10.3 Å². The van der Waals surface area contributed by atoms with Crippen molar-refractivity contribution < 1.29 is 9.53 Å². The van der Waals surface area contributed by atoms with Gasteiger partial charge in [0.1, 0.15) is 0 Å². The maximum atomic E-state index is 11.8. The van der Waals surface area contributed by atoms with E-state index >= 15 is 0 Å². The molecule has 1 aliphatic rings. The lowest BCUT2D eigenvalue weighted by molar-refractivity contribution is 0.160. The standard InChI is InChI=1S/C11H15NO2S2/c1-3-8-7-9-10(16-8)15-6-5-12(9)11(13)14-4-2/h7H,3-6H2,1-2H3. The molecule has 0 spiro atoms. The lowest BCUT2D eigenvalue weighted by Crippen LogP contribution is -2.35. The maximum absolute atomic E-state index is 11.8. The van der Waals surface area contributed by atoms with Crippen molar-refractivity contribution in [1.29, 1.82) is 0 Å². The van der Waals surface area contributed by atoms with Crippen LogP contribution < -0.4 is 4.90 Å². The van der Waals surface area contributed by atoms with Crippen LogP contribution in [0.25, 0.3) is 0 Å². The van der Waals surface area contributed by atoms with Gasteiger partial charge in [0.25, 0.3) is 0 Å². The van der Waals surface area contributed by atoms with Gasteiger partial charge in [-0.05, 0) is 19.4 Å². The van der Waals surface area contributed by atoms with Gasteiger partial charge in [0.2, 0.25) is 0 Å². The number of ether oxygens (including phenoxy) is 1. The number of rotatable bonds is 2. The topological polar surface area (TPSA) is 29.5 Å². The summed E-state index contributed by atoms with van der Waals surface area (Å²) in [6, 6.07) is 2.11. The highest BCUT2D eigenvalue weighted by atomic mass is 32.2. The number of anilines is 1. The van der Waals surface area contributed by atoms with E-state index in [1.54, 1.807) is 16.2 Å². The van der Waals surface area contributed by atoms with Gasteiger partial charge in [-0.25, -0.2) is 4.79 Å². The third kappa shape index (κ3) is 2.20. The van der Waals surface area contributed by atoms with Gasteiger partial charge in [0.15, 0.2) is 0 Å². The predicted molar refractivity (Wildman–Crippen MR) is 68.8 cm³/mol. The first-order valence-electron chi connectivity index (χ1n) is 5.46. The van der Waals surface area contributed by atoms with Gasteiger partial charge in [-0.3, -0.25) is 4.90 Å². The minimum atomic E-state index is -0.218. The summed E-state index contributed by atoms with van der Waals surface area (Å²) < 4.78 is 6.31. The molecule has 0 atom stereocenters. The Kier molecular flexibility index (Phi) is 3.76. The van der Waals surface area contributed by atoms with Crippen LogP contribution in [0.3, 0.4) is 0 Å². The number of thiophene rings is 1. The Bertz CT molecular complexity index is 389. The Labute approximate surface area is 104 Å². The second-order valence-corrected chi connectivity index (χ2v) is 5.94. The molecule has 0 N–H and O–H groups in total. The second-order valence-electron chi connectivity index (χ2n) is 3.44. The molecule has 2 heterocycles. The summed E-state index contributed by atoms with van der Waals surface area (Å²) in [4.78, 5) is 14.8. The fourth-order valence-corrected chi connectivity index (χ4v) is 4.03. The van der Waals surface area contributed by atoms with Crippen molar-refractivity contribution in [2.75, 3.05) is 23.8 Å². The molecule has 1 amide bonds. The Morgan fingerprint density at radius 1 is 1.56 bits per heavy atom. The number of carbonyl (C=O) groups is 1. The molecule has 0 bridgehead atoms. The summed E-state index contributed by atoms with van der Waals surface area (Å²) in [5, 5.41) is 0. The molecule has 1 aromatic rings. The monoisotopic (exact) mass is 257 g/mol. The van der Waals surface area contributed by atoms with E-state index in [4.69, 9.17) is 4.74 Å². The maximum Gasteiger partial charge on any atom is 0.414 e. The molecule has 0 aliphatic carbocycles. The van der Waals surface area contributed by atoms with Crippen LogP contribution in [0.5, 0.6) is 0 Å². The fraction of sp³-hybridized carbons (Fsp3) is 0.545. The zero-order chi connectivity index (χ0) is 11.5. The van der Waals surface area contributed by atoms with E-state index < -0.39 is 0 Å². The molecule has 0 fully saturated rings. The Morgan fingerprint density at radius 3 is 3.06 bits per heavy atom. The molecule has 3 nitrogen and oxygen atoms in total. The Balaban J connectivity index is 2.25. The van der Waals surface area contributed by atoms with Gasteiger partial charge in [-0.1, -0.05) is 6.92 Å². The highest BCUT2D eigenvalue weighted by molar-refractivity contribution is 8.01. The van der Waals surface area contributed by atoms with Gasteiger partial charge in [-0.2, -0.15) is 0 Å². The van der Waals surface area contributed by atoms with E-state index in [9.17, 15) is 4.79 Å². The SMILES string of the molecule is CCOC(=O)N1CCSc2sc(CC)cc21. The highest BCUT2D eigenvalue weighted by Crippen LogP contribution is 2.41. The van der Waals surface area contributed by atoms with Gasteiger partial charge in [0, 0.05) is 17.2 Å². The molecule has 5 heteroatoms. The first kappa shape index (κ1) is 11.8. The summed E-state index contributed by atoms with van der Waals surface area (Å²) in [6.45, 7) is 5.15. The lowest BCUT2D eigenvalue weighted by atomic mass is 10.3. The quantitative estimate of drug-likeness (QED) is 0.813. The van der Waals surface area contributed by atoms with E-state index in [1.165, 1.54) is 9.09 Å². The molecule has 0 unspecified atom stereocenters. The lowest BCUT2D eigenvalue weighted by Gasteiger charge is -2.25. The summed E-state index contributed by atoms with van der Waals surface area (Å²) in [6.07, 6.45) is 0.805. The number of hydrogen-bond acceptors (Lipinski definition) is 4. The van der Waals surface area contributed by atoms with Crippen LogP contribution in [0.1, 0.15) is 18.7 Å². The number of fused-ring (bicyclic) bond motifs is 1. The van der Waals surface area contributed by atoms with Crippen LogP contribution in [0.4, 0.5) is 10.5 Å². The predicted octanol–water partition coefficient (Wildman–Crippen LogP) is 3.38. The molecule has 88 valence electrons. The third-order valence-corrected chi connectivity index (χ3v) is 4.93. The summed E-state index contributed by atoms with van der Waals surface area (Å²) >= 11 is 3.62. The summed E-state index contributed by atoms with van der Waals surface area (Å²) in [5.41, 5.74) is 1.04. The number of hydrogen-bond donors (Lipinski definition) is 0. The van der Waals surface area contributed by atoms with Crippen molar-refractivity contribution in [2.24, 2.45) is 0 Å². The first-order valence-corrected chi connectivity index (χ1v) is 7.26. The molecule has 0 saturated carbocycles. The van der Waals surface area contributed by atoms with Crippen molar-refractivity contribution in [3.8, 4) is 0 Å². The van der Waals surface area contributed by atoms with Crippen molar-refractivity contribution >= 4 is 34.9 Å². The minimum absolute atomic E-state index is 0.218. The first-order chi connectivity index (χ1) is 7.76. The second kappa shape index (κ2) is 5.10. The summed E-state index contributed by atoms with van der Waals surface area (Å²) in [7, 11) is 0. The molecular weight excluding hydrogens is 242 g/mol. The molecule has 0 aromatic carbocycles. The summed E-state index contributed by atoms with van der Waals surface area (Å²) in [5.74, 6) is 0.954. The van der Waals surface area contributed by atoms with Gasteiger partial charge in [-0.15, -0.1) is 23.1 Å². The molecule has 0 saturated heterocycles. The van der Waals surface area contributed by atoms with Gasteiger partial charge in [0.05, 0.1) is 16.5 Å². The third-order valence-electron chi connectivity index (χ3n) is 2.41. The van der Waals surface area contributed by atoms with E-state index in [0.29, 0.717) is 6.61 Å². The van der Waals surface area contributed by atoms with Crippen LogP contribution in [0.2, 0.25) is 0 Å². The Morgan fingerprint density at radius 2 is 2.38 bits per heavy atom. The van der Waals surface area contributed by atoms with E-state index in [0.717, 1.165) is 24.4 Å². The smallest absolute Gasteiger partial charge is 0.414 e. The number of aryl methyl sites for hydroxylation is 1. The average Bonchev–Trinajstić information content (AvgIpc) is 2.71. The van der Waals surface area contributed by atoms with Gasteiger partial charge < -0.3 is 4.74 Å². The number of carbonyl (C=O) groups excluding carboxylic acids is 1. The Hall–Kier alpha value is -0.680. The van der Waals surface area contributed by atoms with Gasteiger partial charge >= 0.3 is 6.09 Å². The number of nitrogens with zero attached hydrogens (tertiary/aromatic N) is 1. The molecule has 1 aromatic heterocycles. The van der Waals surface area contributed by atoms with E-state index in [2.05, 4.69) is 13.0 Å². The van der Waals surface area contributed by atoms with Crippen molar-refractivity contribution in [3.63, 3.8) is 0 Å². The minimum Gasteiger partial charge on any atom is -0.449 e. The van der Waals surface area contributed by atoms with Crippen LogP contribution in [-0.2, 0) is 11.2 Å². The number of thioether (sulfide) groups is 1. The zero-order valence-corrected chi connectivity index (χ0v) is 11.1. The fourth-order valence-electron chi connectivity index (χ4n) is 1.62. The zero-order valence-electron chi connectivity index (χ0n) is 9.49. The largest absolute Gasteiger partial charge is 0.449 e. The van der Waals surface area contributed by atoms with Crippen molar-refractivity contribution in [2.45, 2.75) is 24.5 Å². The van der Waals surface area contributed by atoms with Crippen LogP contribution in [0, 0.1) is 0 Å². The van der Waals surface area contributed by atoms with E-state index in [-0.39, 0.29) is 6.09 Å². The van der Waals surface area contributed by atoms with Crippen LogP contribution >= 0.6 is 23.1 Å². The molecular formula is C11H15NO2S2.